The third-order valence-electron chi connectivity index (χ3n) is 4.09. The number of fused-ring (bicyclic) bond motifs is 5. The number of rotatable bonds is 0. The highest BCUT2D eigenvalue weighted by Crippen LogP contribution is 2.39. The van der Waals surface area contributed by atoms with Gasteiger partial charge in [-0.3, -0.25) is 0 Å². The molecule has 0 aliphatic heterocycles. The maximum absolute atomic E-state index is 10.6. The summed E-state index contributed by atoms with van der Waals surface area (Å²) in [5, 5.41) is 19.1. The highest BCUT2D eigenvalue weighted by atomic mass is 16.3. The van der Waals surface area contributed by atoms with Crippen LogP contribution in [0.15, 0.2) is 48.5 Å². The van der Waals surface area contributed by atoms with Crippen LogP contribution in [0.1, 0.15) is 17.2 Å². The van der Waals surface area contributed by atoms with Crippen molar-refractivity contribution in [3.63, 3.8) is 0 Å². The third-order valence-corrected chi connectivity index (χ3v) is 4.09. The van der Waals surface area contributed by atoms with Gasteiger partial charge >= 0.3 is 0 Å². The summed E-state index contributed by atoms with van der Waals surface area (Å²) >= 11 is 0. The van der Waals surface area contributed by atoms with Gasteiger partial charge in [0.05, 0.1) is 11.8 Å². The Morgan fingerprint density at radius 2 is 1.76 bits per heavy atom. The van der Waals surface area contributed by atoms with E-state index in [1.807, 2.05) is 48.1 Å². The minimum absolute atomic E-state index is 0.530. The first-order chi connectivity index (χ1) is 10.3. The number of aliphatic hydroxyl groups excluding tert-OH is 1. The minimum atomic E-state index is -0.530. The first-order valence-corrected chi connectivity index (χ1v) is 7.01. The zero-order valence-corrected chi connectivity index (χ0v) is 11.7. The van der Waals surface area contributed by atoms with Crippen molar-refractivity contribution in [1.29, 1.82) is 0 Å². The second-order valence-corrected chi connectivity index (χ2v) is 5.37. The van der Waals surface area contributed by atoms with Crippen LogP contribution in [0.25, 0.3) is 22.5 Å². The monoisotopic (exact) mass is 277 g/mol. The van der Waals surface area contributed by atoms with Gasteiger partial charge in [0.1, 0.15) is 5.69 Å². The van der Waals surface area contributed by atoms with Crippen molar-refractivity contribution < 1.29 is 5.11 Å². The van der Waals surface area contributed by atoms with E-state index in [0.717, 1.165) is 33.6 Å². The van der Waals surface area contributed by atoms with Crippen molar-refractivity contribution in [1.82, 2.24) is 15.0 Å². The molecule has 1 unspecified atom stereocenters. The fourth-order valence-corrected chi connectivity index (χ4v) is 3.09. The molecule has 0 saturated carbocycles. The lowest BCUT2D eigenvalue weighted by Crippen LogP contribution is -2.09. The second kappa shape index (κ2) is 4.53. The summed E-state index contributed by atoms with van der Waals surface area (Å²) in [7, 11) is 1.91. The Morgan fingerprint density at radius 1 is 1.05 bits per heavy atom. The Balaban J connectivity index is 2.11. The van der Waals surface area contributed by atoms with E-state index in [-0.39, 0.29) is 0 Å². The number of aliphatic hydroxyl groups is 1. The van der Waals surface area contributed by atoms with Crippen LogP contribution in [0.5, 0.6) is 0 Å². The molecule has 4 nitrogen and oxygen atoms in total. The average molecular weight is 277 g/mol. The van der Waals surface area contributed by atoms with Gasteiger partial charge in [-0.05, 0) is 11.1 Å². The molecule has 4 rings (SSSR count). The number of aryl methyl sites for hydroxylation is 1. The first kappa shape index (κ1) is 12.3. The molecule has 1 aliphatic carbocycles. The minimum Gasteiger partial charge on any atom is -0.388 e. The molecule has 0 saturated heterocycles. The summed E-state index contributed by atoms with van der Waals surface area (Å²) in [6.07, 6.45) is 0.0650. The van der Waals surface area contributed by atoms with Crippen LogP contribution in [-0.4, -0.2) is 20.1 Å². The molecule has 104 valence electrons. The number of hydrogen-bond acceptors (Lipinski definition) is 3. The summed E-state index contributed by atoms with van der Waals surface area (Å²) in [5.41, 5.74) is 5.92. The number of hydrogen-bond donors (Lipinski definition) is 1. The van der Waals surface area contributed by atoms with E-state index in [9.17, 15) is 5.11 Å². The highest BCUT2D eigenvalue weighted by molar-refractivity contribution is 5.82. The average Bonchev–Trinajstić information content (AvgIpc) is 2.88. The lowest BCUT2D eigenvalue weighted by atomic mass is 9.88. The molecule has 4 heteroatoms. The van der Waals surface area contributed by atoms with Crippen molar-refractivity contribution in [2.24, 2.45) is 7.05 Å². The number of benzene rings is 2. The van der Waals surface area contributed by atoms with Crippen molar-refractivity contribution in [3.8, 4) is 22.5 Å². The molecular weight excluding hydrogens is 262 g/mol. The molecule has 0 amide bonds. The van der Waals surface area contributed by atoms with Gasteiger partial charge in [0, 0.05) is 24.6 Å². The molecular formula is C17H15N3O. The fraction of sp³-hybridized carbons (Fsp3) is 0.176. The van der Waals surface area contributed by atoms with Gasteiger partial charge in [-0.25, -0.2) is 4.68 Å². The molecule has 1 aromatic heterocycles. The van der Waals surface area contributed by atoms with Crippen LogP contribution in [-0.2, 0) is 13.5 Å². The van der Waals surface area contributed by atoms with Crippen LogP contribution >= 0.6 is 0 Å². The molecule has 3 aromatic rings. The zero-order valence-electron chi connectivity index (χ0n) is 11.7. The van der Waals surface area contributed by atoms with Gasteiger partial charge in [-0.1, -0.05) is 53.7 Å². The van der Waals surface area contributed by atoms with Crippen LogP contribution in [0.3, 0.4) is 0 Å². The van der Waals surface area contributed by atoms with Gasteiger partial charge < -0.3 is 5.11 Å². The summed E-state index contributed by atoms with van der Waals surface area (Å²) in [5.74, 6) is 0. The van der Waals surface area contributed by atoms with Gasteiger partial charge in [0.2, 0.25) is 0 Å². The summed E-state index contributed by atoms with van der Waals surface area (Å²) in [4.78, 5) is 0. The second-order valence-electron chi connectivity index (χ2n) is 5.37. The lowest BCUT2D eigenvalue weighted by molar-refractivity contribution is 0.179. The van der Waals surface area contributed by atoms with Gasteiger partial charge in [-0.2, -0.15) is 0 Å². The molecule has 1 atom stereocenters. The van der Waals surface area contributed by atoms with Crippen LogP contribution < -0.4 is 0 Å². The Morgan fingerprint density at radius 3 is 2.62 bits per heavy atom. The van der Waals surface area contributed by atoms with E-state index in [0.29, 0.717) is 6.42 Å². The molecule has 1 N–H and O–H groups in total. The number of aromatic nitrogens is 3. The van der Waals surface area contributed by atoms with Crippen molar-refractivity contribution in [2.45, 2.75) is 12.5 Å². The molecule has 1 heterocycles. The normalized spacial score (nSPS) is 16.4. The molecule has 0 radical (unpaired) electrons. The zero-order chi connectivity index (χ0) is 14.4. The van der Waals surface area contributed by atoms with Crippen molar-refractivity contribution in [3.05, 3.63) is 59.7 Å². The molecule has 2 aromatic carbocycles. The molecule has 0 spiro atoms. The topological polar surface area (TPSA) is 50.9 Å². The predicted octanol–water partition coefficient (Wildman–Crippen LogP) is 2.74. The lowest BCUT2D eigenvalue weighted by Gasteiger charge is -2.21. The van der Waals surface area contributed by atoms with Gasteiger partial charge in [-0.15, -0.1) is 5.10 Å². The Kier molecular flexibility index (Phi) is 2.65. The maximum atomic E-state index is 10.6. The van der Waals surface area contributed by atoms with E-state index in [1.54, 1.807) is 0 Å². The largest absolute Gasteiger partial charge is 0.388 e. The summed E-state index contributed by atoms with van der Waals surface area (Å²) in [6, 6.07) is 16.0. The third kappa shape index (κ3) is 1.80. The van der Waals surface area contributed by atoms with Gasteiger partial charge in [0.15, 0.2) is 0 Å². The van der Waals surface area contributed by atoms with Crippen LogP contribution in [0, 0.1) is 0 Å². The van der Waals surface area contributed by atoms with Crippen molar-refractivity contribution >= 4 is 0 Å². The van der Waals surface area contributed by atoms with Gasteiger partial charge in [0.25, 0.3) is 0 Å². The highest BCUT2D eigenvalue weighted by Gasteiger charge is 2.25. The number of nitrogens with zero attached hydrogens (tertiary/aromatic N) is 3. The fourth-order valence-electron chi connectivity index (χ4n) is 3.09. The standard InChI is InChI=1S/C17H15N3O/c1-20-17-12-7-3-2-6-11(12)10-15(21)13-8-4-5-9-14(13)16(17)18-19-20/h2-9,15,21H,10H2,1H3. The quantitative estimate of drug-likeness (QED) is 0.687. The smallest absolute Gasteiger partial charge is 0.121 e. The Hall–Kier alpha value is -2.46. The van der Waals surface area contributed by atoms with E-state index >= 15 is 0 Å². The molecule has 21 heavy (non-hydrogen) atoms. The SMILES string of the molecule is Cn1nnc2c1-c1ccccc1CC(O)c1ccccc1-2. The van der Waals surface area contributed by atoms with Crippen molar-refractivity contribution in [2.75, 3.05) is 0 Å². The molecule has 0 fully saturated rings. The summed E-state index contributed by atoms with van der Waals surface area (Å²) in [6.45, 7) is 0. The molecule has 1 aliphatic rings. The summed E-state index contributed by atoms with van der Waals surface area (Å²) < 4.78 is 1.81. The Bertz CT molecular complexity index is 822. The van der Waals surface area contributed by atoms with E-state index in [4.69, 9.17) is 0 Å². The van der Waals surface area contributed by atoms with E-state index in [1.165, 1.54) is 0 Å². The maximum Gasteiger partial charge on any atom is 0.121 e. The first-order valence-electron chi connectivity index (χ1n) is 7.01. The molecule has 0 bridgehead atoms. The van der Waals surface area contributed by atoms with Crippen LogP contribution in [0.4, 0.5) is 0 Å². The van der Waals surface area contributed by atoms with Crippen LogP contribution in [0.2, 0.25) is 0 Å². The van der Waals surface area contributed by atoms with E-state index < -0.39 is 6.10 Å². The van der Waals surface area contributed by atoms with E-state index in [2.05, 4.69) is 22.4 Å². The Labute approximate surface area is 122 Å². The predicted molar refractivity (Wildman–Crippen MR) is 80.5 cm³/mol.